The van der Waals surface area contributed by atoms with Crippen molar-refractivity contribution in [3.8, 4) is 0 Å². The van der Waals surface area contributed by atoms with Crippen LogP contribution in [0.2, 0.25) is 0 Å². The summed E-state index contributed by atoms with van der Waals surface area (Å²) in [5.74, 6) is -0.603. The van der Waals surface area contributed by atoms with Crippen LogP contribution in [0, 0.1) is 0 Å². The third kappa shape index (κ3) is 60.3. The van der Waals surface area contributed by atoms with Gasteiger partial charge in [-0.05, 0) is 116 Å². The van der Waals surface area contributed by atoms with Crippen LogP contribution in [0.25, 0.3) is 0 Å². The summed E-state index contributed by atoms with van der Waals surface area (Å²) in [5, 5.41) is 9.68. The number of carbonyl (C=O) groups is 2. The minimum absolute atomic E-state index is 0.0766. The smallest absolute Gasteiger partial charge is 0.306 e. The minimum atomic E-state index is -0.787. The predicted octanol–water partition coefficient (Wildman–Crippen LogP) is 21.0. The van der Waals surface area contributed by atoms with E-state index in [1.807, 2.05) is 0 Å². The average Bonchev–Trinajstić information content (AvgIpc) is 3.40. The molecule has 74 heavy (non-hydrogen) atoms. The second-order valence-electron chi connectivity index (χ2n) is 19.7. The van der Waals surface area contributed by atoms with Gasteiger partial charge in [0.15, 0.2) is 6.10 Å². The highest BCUT2D eigenvalue weighted by molar-refractivity contribution is 5.70. The Morgan fingerprint density at radius 2 is 0.541 bits per heavy atom. The van der Waals surface area contributed by atoms with E-state index in [1.165, 1.54) is 109 Å². The largest absolute Gasteiger partial charge is 0.462 e. The first-order valence-electron chi connectivity index (χ1n) is 30.4. The Morgan fingerprint density at radius 3 is 0.811 bits per heavy atom. The summed E-state index contributed by atoms with van der Waals surface area (Å²) in [5.41, 5.74) is 0. The van der Waals surface area contributed by atoms with E-state index in [2.05, 4.69) is 160 Å². The molecule has 0 aliphatic heterocycles. The summed E-state index contributed by atoms with van der Waals surface area (Å²) in [6.45, 7) is 3.91. The topological polar surface area (TPSA) is 72.8 Å². The van der Waals surface area contributed by atoms with Crippen molar-refractivity contribution in [2.75, 3.05) is 13.2 Å². The average molecular weight is 1020 g/mol. The van der Waals surface area contributed by atoms with Crippen LogP contribution in [0.3, 0.4) is 0 Å². The second kappa shape index (κ2) is 63.1. The number of unbranched alkanes of at least 4 members (excludes halogenated alkanes) is 22. The lowest BCUT2D eigenvalue weighted by atomic mass is 10.0. The number of rotatable bonds is 54. The summed E-state index contributed by atoms with van der Waals surface area (Å²) in [6.07, 6.45) is 95.4. The molecule has 0 rings (SSSR count). The lowest BCUT2D eigenvalue weighted by molar-refractivity contribution is -0.161. The number of hydrogen-bond donors (Lipinski definition) is 1. The monoisotopic (exact) mass is 1020 g/mol. The zero-order valence-electron chi connectivity index (χ0n) is 47.8. The highest BCUT2D eigenvalue weighted by Crippen LogP contribution is 2.15. The van der Waals surface area contributed by atoms with Gasteiger partial charge in [0, 0.05) is 12.8 Å². The summed E-state index contributed by atoms with van der Waals surface area (Å²) < 4.78 is 10.7. The third-order valence-electron chi connectivity index (χ3n) is 12.6. The van der Waals surface area contributed by atoms with Gasteiger partial charge in [0.05, 0.1) is 6.61 Å². The van der Waals surface area contributed by atoms with Crippen molar-refractivity contribution in [2.45, 2.75) is 264 Å². The zero-order chi connectivity index (χ0) is 53.4. The maximum atomic E-state index is 12.3. The molecule has 1 N–H and O–H groups in total. The molecule has 0 saturated carbocycles. The molecule has 5 heteroatoms. The molecule has 418 valence electrons. The standard InChI is InChI=1S/C69H112O5/c1-3-5-7-9-11-13-15-17-19-21-23-25-27-29-31-33-34-36-38-40-42-44-46-48-50-52-54-56-58-60-62-64-69(72)74-67(65-70)66-73-68(71)63-61-59-57-55-53-51-49-47-45-43-41-39-37-35-32-30-28-26-24-22-20-18-16-14-12-10-8-6-4-2/h5-8,11-14,17-20,23-26,29-32,34,36,40,42,67,70H,3-4,9-10,15-16,21-22,27-28,33,35,37-39,41,43-66H2,1-2H3/b7-5-,8-6-,13-11-,14-12-,19-17-,20-18-,25-23-,26-24-,31-29-,32-30-,36-34-,42-40-. The minimum Gasteiger partial charge on any atom is -0.462 e. The Kier molecular flexibility index (Phi) is 59.5. The van der Waals surface area contributed by atoms with Gasteiger partial charge in [-0.25, -0.2) is 0 Å². The van der Waals surface area contributed by atoms with Crippen LogP contribution >= 0.6 is 0 Å². The molecule has 5 nitrogen and oxygen atoms in total. The molecule has 1 atom stereocenters. The molecule has 1 unspecified atom stereocenters. The highest BCUT2D eigenvalue weighted by atomic mass is 16.6. The van der Waals surface area contributed by atoms with Crippen molar-refractivity contribution in [2.24, 2.45) is 0 Å². The van der Waals surface area contributed by atoms with Crippen LogP contribution in [0.4, 0.5) is 0 Å². The van der Waals surface area contributed by atoms with E-state index in [-0.39, 0.29) is 25.2 Å². The fourth-order valence-corrected chi connectivity index (χ4v) is 8.15. The van der Waals surface area contributed by atoms with Gasteiger partial charge in [-0.1, -0.05) is 275 Å². The van der Waals surface area contributed by atoms with E-state index in [0.717, 1.165) is 122 Å². The molecule has 0 amide bonds. The Balaban J connectivity index is 3.55. The fraction of sp³-hybridized carbons (Fsp3) is 0.623. The molecule has 0 aromatic carbocycles. The van der Waals surface area contributed by atoms with E-state index in [0.29, 0.717) is 12.8 Å². The van der Waals surface area contributed by atoms with Gasteiger partial charge in [-0.15, -0.1) is 0 Å². The first kappa shape index (κ1) is 69.8. The summed E-state index contributed by atoms with van der Waals surface area (Å²) in [6, 6.07) is 0. The van der Waals surface area contributed by atoms with Gasteiger partial charge in [0.1, 0.15) is 6.61 Å². The molecule has 0 fully saturated rings. The molecule has 0 spiro atoms. The van der Waals surface area contributed by atoms with Gasteiger partial charge in [-0.2, -0.15) is 0 Å². The molecule has 0 saturated heterocycles. The van der Waals surface area contributed by atoms with Gasteiger partial charge >= 0.3 is 11.9 Å². The third-order valence-corrected chi connectivity index (χ3v) is 12.6. The molecule has 0 aromatic heterocycles. The highest BCUT2D eigenvalue weighted by Gasteiger charge is 2.16. The summed E-state index contributed by atoms with van der Waals surface area (Å²) in [7, 11) is 0. The molecule has 0 aliphatic carbocycles. The van der Waals surface area contributed by atoms with E-state index < -0.39 is 6.10 Å². The number of ether oxygens (including phenoxy) is 2. The number of aliphatic hydroxyl groups is 1. The van der Waals surface area contributed by atoms with E-state index in [1.54, 1.807) is 0 Å². The molecule has 0 bridgehead atoms. The SMILES string of the molecule is CC/C=C\C/C=C\C/C=C\C/C=C\C/C=C\C/C=C\C/C=C\CCCCCCCCCCCC(=O)OC(CO)COC(=O)CCCCCCCCCCCCCCC/C=C\C/C=C\C/C=C\C/C=C\C/C=C\CC. The molecule has 0 heterocycles. The van der Waals surface area contributed by atoms with Crippen LogP contribution in [0.15, 0.2) is 146 Å². The Morgan fingerprint density at radius 1 is 0.311 bits per heavy atom. The van der Waals surface area contributed by atoms with Gasteiger partial charge in [0.25, 0.3) is 0 Å². The van der Waals surface area contributed by atoms with E-state index >= 15 is 0 Å². The maximum Gasteiger partial charge on any atom is 0.306 e. The fourth-order valence-electron chi connectivity index (χ4n) is 8.15. The van der Waals surface area contributed by atoms with Crippen LogP contribution in [-0.2, 0) is 19.1 Å². The number of aliphatic hydroxyl groups excluding tert-OH is 1. The Hall–Kier alpha value is -4.22. The van der Waals surface area contributed by atoms with Crippen molar-refractivity contribution in [3.05, 3.63) is 146 Å². The van der Waals surface area contributed by atoms with Crippen molar-refractivity contribution >= 4 is 11.9 Å². The quantitative estimate of drug-likeness (QED) is 0.0373. The van der Waals surface area contributed by atoms with Crippen LogP contribution in [-0.4, -0.2) is 36.4 Å². The molecular formula is C69H112O5. The normalized spacial score (nSPS) is 13.3. The Labute approximate surface area is 457 Å². The van der Waals surface area contributed by atoms with Gasteiger partial charge in [0.2, 0.25) is 0 Å². The van der Waals surface area contributed by atoms with Crippen molar-refractivity contribution in [1.29, 1.82) is 0 Å². The molecule has 0 aliphatic rings. The zero-order valence-corrected chi connectivity index (χ0v) is 47.8. The first-order chi connectivity index (χ1) is 36.6. The van der Waals surface area contributed by atoms with Crippen LogP contribution < -0.4 is 0 Å². The van der Waals surface area contributed by atoms with Crippen LogP contribution in [0.5, 0.6) is 0 Å². The number of hydrogen-bond acceptors (Lipinski definition) is 5. The number of allylic oxidation sites excluding steroid dienone is 24. The molecule has 0 aromatic rings. The van der Waals surface area contributed by atoms with E-state index in [9.17, 15) is 14.7 Å². The first-order valence-corrected chi connectivity index (χ1v) is 30.4. The van der Waals surface area contributed by atoms with Gasteiger partial charge in [-0.3, -0.25) is 9.59 Å². The van der Waals surface area contributed by atoms with Crippen molar-refractivity contribution < 1.29 is 24.2 Å². The number of esters is 2. The lowest BCUT2D eigenvalue weighted by Crippen LogP contribution is -2.28. The van der Waals surface area contributed by atoms with Gasteiger partial charge < -0.3 is 14.6 Å². The Bertz CT molecular complexity index is 1580. The predicted molar refractivity (Wildman–Crippen MR) is 324 cm³/mol. The second-order valence-corrected chi connectivity index (χ2v) is 19.7. The van der Waals surface area contributed by atoms with Crippen molar-refractivity contribution in [3.63, 3.8) is 0 Å². The molecule has 0 radical (unpaired) electrons. The lowest BCUT2D eigenvalue weighted by Gasteiger charge is -2.15. The summed E-state index contributed by atoms with van der Waals surface area (Å²) in [4.78, 5) is 24.6. The molecular weight excluding hydrogens is 909 g/mol. The van der Waals surface area contributed by atoms with Crippen molar-refractivity contribution in [1.82, 2.24) is 0 Å². The van der Waals surface area contributed by atoms with E-state index in [4.69, 9.17) is 9.47 Å². The summed E-state index contributed by atoms with van der Waals surface area (Å²) >= 11 is 0. The number of carbonyl (C=O) groups excluding carboxylic acids is 2. The maximum absolute atomic E-state index is 12.3. The van der Waals surface area contributed by atoms with Crippen LogP contribution in [0.1, 0.15) is 258 Å².